The molecule has 6 radical (unpaired) electrons. The number of hydrogen-bond acceptors (Lipinski definition) is 5. The second-order valence-electron chi connectivity index (χ2n) is 7.35. The summed E-state index contributed by atoms with van der Waals surface area (Å²) in [6.07, 6.45) is 2.84. The Morgan fingerprint density at radius 3 is 2.00 bits per heavy atom. The average molecular weight is 372 g/mol. The van der Waals surface area contributed by atoms with Crippen molar-refractivity contribution in [2.24, 2.45) is 5.41 Å². The number of unbranched alkanes of at least 4 members (excludes halogenated alkanes) is 2. The highest BCUT2D eigenvalue weighted by molar-refractivity contribution is 6.34. The monoisotopic (exact) mass is 372 g/mol. The number of nitrogens with one attached hydrogen (secondary N) is 2. The van der Waals surface area contributed by atoms with Crippen LogP contribution >= 0.6 is 0 Å². The summed E-state index contributed by atoms with van der Waals surface area (Å²) < 4.78 is 0.393. The van der Waals surface area contributed by atoms with E-state index >= 15 is 0 Å². The molecule has 2 N–H and O–H groups in total. The minimum Gasteiger partial charge on any atom is -0.448 e. The van der Waals surface area contributed by atoms with Gasteiger partial charge in [0.15, 0.2) is 0 Å². The van der Waals surface area contributed by atoms with Gasteiger partial charge in [0.2, 0.25) is 41.7 Å². The number of rotatable bonds is 12. The lowest BCUT2D eigenvalue weighted by atomic mass is 9.88. The summed E-state index contributed by atoms with van der Waals surface area (Å²) in [6, 6.07) is 0. The molecule has 144 valence electrons. The smallest absolute Gasteiger partial charge is 0.234 e. The maximum absolute atomic E-state index is 12.0. The lowest BCUT2D eigenvalue weighted by molar-refractivity contribution is -0.129. The lowest BCUT2D eigenvalue weighted by Crippen LogP contribution is -2.47. The number of carbonyl (C=O) groups is 4. The van der Waals surface area contributed by atoms with Gasteiger partial charge in [0, 0.05) is 18.4 Å². The average Bonchev–Trinajstić information content (AvgIpc) is 2.56. The molecule has 0 atom stereocenters. The van der Waals surface area contributed by atoms with E-state index < -0.39 is 11.8 Å². The van der Waals surface area contributed by atoms with Crippen molar-refractivity contribution in [1.82, 2.24) is 20.2 Å². The molecule has 0 heterocycles. The highest BCUT2D eigenvalue weighted by Crippen LogP contribution is 2.18. The summed E-state index contributed by atoms with van der Waals surface area (Å²) in [5.74, 6) is -1.34. The van der Waals surface area contributed by atoms with Crippen LogP contribution in [0.25, 0.3) is 0 Å². The van der Waals surface area contributed by atoms with Crippen LogP contribution in [0, 0.1) is 5.41 Å². The fraction of sp³-hybridized carbons (Fsp3) is 0.750. The number of hydrogen-bond donors (Lipinski definition) is 2. The summed E-state index contributed by atoms with van der Waals surface area (Å²) in [7, 11) is 15.3. The Kier molecular flexibility index (Phi) is 11.8. The van der Waals surface area contributed by atoms with E-state index in [0.29, 0.717) is 17.7 Å². The topological polar surface area (TPSA) is 98.8 Å². The van der Waals surface area contributed by atoms with E-state index in [1.165, 1.54) is 4.90 Å². The van der Waals surface area contributed by atoms with Crippen molar-refractivity contribution in [3.8, 4) is 0 Å². The van der Waals surface area contributed by atoms with Crippen molar-refractivity contribution in [1.29, 1.82) is 0 Å². The number of carbonyl (C=O) groups excluding carboxylic acids is 4. The van der Waals surface area contributed by atoms with Crippen LogP contribution in [-0.2, 0) is 19.2 Å². The van der Waals surface area contributed by atoms with Crippen LogP contribution in [0.1, 0.15) is 46.5 Å². The van der Waals surface area contributed by atoms with Crippen LogP contribution in [0.5, 0.6) is 0 Å². The molecule has 0 aromatic rings. The SMILES string of the molecule is [B]NC(=O)CN(CC(=O)NCCCCCC(=O)C(C)(C)C)CC(=O)N([B])[B]. The number of Topliss-reactive ketones (excluding diaryl/α,β-unsaturated/α-hetero) is 1. The van der Waals surface area contributed by atoms with E-state index in [1.54, 1.807) is 0 Å². The highest BCUT2D eigenvalue weighted by atomic mass is 16.2. The van der Waals surface area contributed by atoms with Gasteiger partial charge < -0.3 is 15.3 Å². The van der Waals surface area contributed by atoms with Gasteiger partial charge in [-0.3, -0.25) is 24.1 Å². The predicted octanol–water partition coefficient (Wildman–Crippen LogP) is -1.22. The van der Waals surface area contributed by atoms with Gasteiger partial charge in [-0.25, -0.2) is 0 Å². The minimum atomic E-state index is -0.656. The normalized spacial score (nSPS) is 11.1. The molecule has 0 bridgehead atoms. The molecule has 0 unspecified atom stereocenters. The first-order chi connectivity index (χ1) is 12.5. The van der Waals surface area contributed by atoms with Crippen molar-refractivity contribution in [3.05, 3.63) is 0 Å². The van der Waals surface area contributed by atoms with Crippen molar-refractivity contribution in [3.63, 3.8) is 0 Å². The Hall–Kier alpha value is -1.77. The molecular weight excluding hydrogens is 345 g/mol. The summed E-state index contributed by atoms with van der Waals surface area (Å²) in [5, 5.41) is 4.64. The fourth-order valence-corrected chi connectivity index (χ4v) is 2.14. The largest absolute Gasteiger partial charge is 0.448 e. The van der Waals surface area contributed by atoms with Crippen LogP contribution in [0.4, 0.5) is 0 Å². The Morgan fingerprint density at radius 2 is 1.48 bits per heavy atom. The van der Waals surface area contributed by atoms with Gasteiger partial charge in [-0.2, -0.15) is 0 Å². The number of nitrogens with zero attached hydrogens (tertiary/aromatic N) is 2. The molecule has 3 amide bonds. The summed E-state index contributed by atoms with van der Waals surface area (Å²) in [6.45, 7) is 5.38. The third-order valence-corrected chi connectivity index (χ3v) is 3.78. The third kappa shape index (κ3) is 12.3. The van der Waals surface area contributed by atoms with Crippen LogP contribution < -0.4 is 10.5 Å². The predicted molar refractivity (Wildman–Crippen MR) is 105 cm³/mol. The Bertz CT molecular complexity index is 524. The Morgan fingerprint density at radius 1 is 0.889 bits per heavy atom. The second kappa shape index (κ2) is 12.6. The molecule has 0 aromatic carbocycles. The molecule has 27 heavy (non-hydrogen) atoms. The van der Waals surface area contributed by atoms with E-state index in [1.807, 2.05) is 26.0 Å². The second-order valence-corrected chi connectivity index (χ2v) is 7.35. The zero-order chi connectivity index (χ0) is 21.0. The molecule has 0 saturated heterocycles. The first-order valence-corrected chi connectivity index (χ1v) is 8.81. The van der Waals surface area contributed by atoms with Crippen LogP contribution in [-0.4, -0.2) is 83.2 Å². The van der Waals surface area contributed by atoms with Crippen molar-refractivity contribution in [2.75, 3.05) is 26.2 Å². The molecular formula is C16H27B3N4O4. The lowest BCUT2D eigenvalue weighted by Gasteiger charge is -2.22. The van der Waals surface area contributed by atoms with Crippen molar-refractivity contribution in [2.45, 2.75) is 46.5 Å². The van der Waals surface area contributed by atoms with E-state index in [9.17, 15) is 19.2 Å². The first kappa shape index (κ1) is 25.2. The van der Waals surface area contributed by atoms with Crippen molar-refractivity contribution < 1.29 is 19.2 Å². The molecule has 0 saturated carbocycles. The fourth-order valence-electron chi connectivity index (χ4n) is 2.14. The van der Waals surface area contributed by atoms with E-state index in [4.69, 9.17) is 23.9 Å². The van der Waals surface area contributed by atoms with Gasteiger partial charge in [0.1, 0.15) is 5.78 Å². The van der Waals surface area contributed by atoms with Crippen molar-refractivity contribution >= 4 is 47.4 Å². The Labute approximate surface area is 165 Å². The summed E-state index contributed by atoms with van der Waals surface area (Å²) in [4.78, 5) is 48.0. The molecule has 0 fully saturated rings. The third-order valence-electron chi connectivity index (χ3n) is 3.78. The maximum Gasteiger partial charge on any atom is 0.234 e. The first-order valence-electron chi connectivity index (χ1n) is 8.81. The van der Waals surface area contributed by atoms with Crippen LogP contribution in [0.2, 0.25) is 0 Å². The van der Waals surface area contributed by atoms with Gasteiger partial charge in [0.05, 0.1) is 19.6 Å². The Balaban J connectivity index is 4.20. The quantitative estimate of drug-likeness (QED) is 0.331. The van der Waals surface area contributed by atoms with E-state index in [-0.39, 0.29) is 36.7 Å². The van der Waals surface area contributed by atoms with E-state index in [0.717, 1.165) is 19.3 Å². The highest BCUT2D eigenvalue weighted by Gasteiger charge is 2.20. The van der Waals surface area contributed by atoms with Gasteiger partial charge >= 0.3 is 0 Å². The summed E-state index contributed by atoms with van der Waals surface area (Å²) >= 11 is 0. The van der Waals surface area contributed by atoms with Gasteiger partial charge in [-0.05, 0) is 12.8 Å². The summed E-state index contributed by atoms with van der Waals surface area (Å²) in [5.41, 5.74) is -0.326. The van der Waals surface area contributed by atoms with Gasteiger partial charge in [-0.1, -0.05) is 27.2 Å². The molecule has 0 spiro atoms. The molecule has 0 aliphatic carbocycles. The van der Waals surface area contributed by atoms with Gasteiger partial charge in [-0.15, -0.1) is 0 Å². The van der Waals surface area contributed by atoms with Crippen LogP contribution in [0.3, 0.4) is 0 Å². The van der Waals surface area contributed by atoms with E-state index in [2.05, 4.69) is 5.32 Å². The molecule has 0 aromatic heterocycles. The molecule has 0 aliphatic rings. The maximum atomic E-state index is 12.0. The molecule has 0 aliphatic heterocycles. The number of amides is 3. The minimum absolute atomic E-state index is 0.185. The molecule has 0 rings (SSSR count). The van der Waals surface area contributed by atoms with Gasteiger partial charge in [0.25, 0.3) is 0 Å². The standard InChI is InChI=1S/C16H27B3N4O4/c1-16(2,3)12(24)7-5-4-6-8-20-13(25)9-22(10-14(26)21-17)11-15(27)23(18)19/h4-11H2,1-3H3,(H,20,25)(H,21,26). The molecule has 8 nitrogen and oxygen atoms in total. The zero-order valence-electron chi connectivity index (χ0n) is 16.4. The van der Waals surface area contributed by atoms with Crippen LogP contribution in [0.15, 0.2) is 0 Å². The number of ketones is 1. The molecule has 11 heteroatoms. The zero-order valence-corrected chi connectivity index (χ0v) is 16.4.